The highest BCUT2D eigenvalue weighted by atomic mass is 16.5. The van der Waals surface area contributed by atoms with Crippen LogP contribution in [0.5, 0.6) is 11.5 Å². The first-order valence-corrected chi connectivity index (χ1v) is 10.8. The molecule has 6 heteroatoms. The van der Waals surface area contributed by atoms with Gasteiger partial charge < -0.3 is 14.8 Å². The number of benzene rings is 4. The van der Waals surface area contributed by atoms with Crippen LogP contribution in [0, 0.1) is 0 Å². The second-order valence-electron chi connectivity index (χ2n) is 7.77. The molecule has 2 amide bonds. The van der Waals surface area contributed by atoms with Crippen LogP contribution in [0.4, 0.5) is 11.4 Å². The van der Waals surface area contributed by atoms with Gasteiger partial charge in [0.15, 0.2) is 0 Å². The Hall–Kier alpha value is -4.58. The number of anilines is 2. The first-order chi connectivity index (χ1) is 16.6. The minimum Gasteiger partial charge on any atom is -0.497 e. The van der Waals surface area contributed by atoms with Crippen molar-refractivity contribution < 1.29 is 19.1 Å². The molecule has 0 radical (unpaired) electrons. The molecule has 0 saturated carbocycles. The normalized spacial score (nSPS) is 13.5. The van der Waals surface area contributed by atoms with Crippen LogP contribution in [-0.2, 0) is 9.59 Å². The van der Waals surface area contributed by atoms with E-state index in [1.165, 1.54) is 4.90 Å². The van der Waals surface area contributed by atoms with Gasteiger partial charge in [-0.3, -0.25) is 9.59 Å². The SMILES string of the molecule is COc1ccc(C2=C(Nc3cccc4ccccc34)C(=O)N(c3ccc(OC)cc3)C2=O)cc1. The highest BCUT2D eigenvalue weighted by Crippen LogP contribution is 2.36. The lowest BCUT2D eigenvalue weighted by Crippen LogP contribution is -2.32. The van der Waals surface area contributed by atoms with E-state index in [4.69, 9.17) is 9.47 Å². The fraction of sp³-hybridized carbons (Fsp3) is 0.0714. The number of nitrogens with one attached hydrogen (secondary N) is 1. The van der Waals surface area contributed by atoms with Crippen molar-refractivity contribution in [1.82, 2.24) is 0 Å². The first-order valence-electron chi connectivity index (χ1n) is 10.8. The summed E-state index contributed by atoms with van der Waals surface area (Å²) in [7, 11) is 3.15. The first kappa shape index (κ1) is 21.3. The van der Waals surface area contributed by atoms with Crippen LogP contribution in [0.25, 0.3) is 16.3 Å². The molecule has 1 N–H and O–H groups in total. The van der Waals surface area contributed by atoms with Crippen molar-refractivity contribution in [2.75, 3.05) is 24.4 Å². The molecule has 0 spiro atoms. The minimum absolute atomic E-state index is 0.224. The van der Waals surface area contributed by atoms with Crippen molar-refractivity contribution in [2.45, 2.75) is 0 Å². The van der Waals surface area contributed by atoms with E-state index in [1.54, 1.807) is 62.8 Å². The van der Waals surface area contributed by atoms with Gasteiger partial charge in [-0.05, 0) is 53.4 Å². The monoisotopic (exact) mass is 450 g/mol. The topological polar surface area (TPSA) is 67.9 Å². The van der Waals surface area contributed by atoms with Crippen molar-refractivity contribution in [1.29, 1.82) is 0 Å². The zero-order valence-electron chi connectivity index (χ0n) is 18.7. The molecule has 0 fully saturated rings. The van der Waals surface area contributed by atoms with E-state index in [0.29, 0.717) is 28.3 Å². The molecule has 6 nitrogen and oxygen atoms in total. The molecule has 0 bridgehead atoms. The van der Waals surface area contributed by atoms with Gasteiger partial charge >= 0.3 is 0 Å². The average molecular weight is 450 g/mol. The highest BCUT2D eigenvalue weighted by molar-refractivity contribution is 6.46. The van der Waals surface area contributed by atoms with Gasteiger partial charge in [0.2, 0.25) is 0 Å². The van der Waals surface area contributed by atoms with Crippen molar-refractivity contribution in [3.8, 4) is 11.5 Å². The molecule has 1 aliphatic rings. The third kappa shape index (κ3) is 3.65. The van der Waals surface area contributed by atoms with E-state index in [9.17, 15) is 9.59 Å². The van der Waals surface area contributed by atoms with Crippen LogP contribution < -0.4 is 19.7 Å². The number of amides is 2. The molecule has 1 aliphatic heterocycles. The number of nitrogens with zero attached hydrogens (tertiary/aromatic N) is 1. The van der Waals surface area contributed by atoms with Crippen LogP contribution in [0.1, 0.15) is 5.56 Å². The molecule has 1 heterocycles. The number of fused-ring (bicyclic) bond motifs is 1. The Morgan fingerprint density at radius 1 is 0.676 bits per heavy atom. The van der Waals surface area contributed by atoms with E-state index in [-0.39, 0.29) is 5.70 Å². The van der Waals surface area contributed by atoms with Crippen LogP contribution in [0.15, 0.2) is 96.7 Å². The zero-order chi connectivity index (χ0) is 23.7. The van der Waals surface area contributed by atoms with Crippen LogP contribution in [-0.4, -0.2) is 26.0 Å². The van der Waals surface area contributed by atoms with Crippen LogP contribution in [0.2, 0.25) is 0 Å². The molecule has 34 heavy (non-hydrogen) atoms. The van der Waals surface area contributed by atoms with E-state index < -0.39 is 11.8 Å². The third-order valence-corrected chi connectivity index (χ3v) is 5.84. The Bertz CT molecular complexity index is 1420. The second-order valence-corrected chi connectivity index (χ2v) is 7.77. The van der Waals surface area contributed by atoms with E-state index in [1.807, 2.05) is 42.5 Å². The summed E-state index contributed by atoms with van der Waals surface area (Å²) >= 11 is 0. The molecular weight excluding hydrogens is 428 g/mol. The minimum atomic E-state index is -0.422. The van der Waals surface area contributed by atoms with Crippen LogP contribution in [0.3, 0.4) is 0 Å². The maximum atomic E-state index is 13.6. The summed E-state index contributed by atoms with van der Waals surface area (Å²) in [6, 6.07) is 27.6. The summed E-state index contributed by atoms with van der Waals surface area (Å²) in [5.74, 6) is 0.481. The van der Waals surface area contributed by atoms with Gasteiger partial charge in [-0.1, -0.05) is 48.5 Å². The lowest BCUT2D eigenvalue weighted by molar-refractivity contribution is -0.120. The number of imide groups is 1. The van der Waals surface area contributed by atoms with Crippen molar-refractivity contribution >= 4 is 39.5 Å². The van der Waals surface area contributed by atoms with Gasteiger partial charge in [-0.2, -0.15) is 0 Å². The Balaban J connectivity index is 1.63. The van der Waals surface area contributed by atoms with Gasteiger partial charge in [0.25, 0.3) is 11.8 Å². The van der Waals surface area contributed by atoms with Gasteiger partial charge in [0, 0.05) is 11.1 Å². The van der Waals surface area contributed by atoms with E-state index in [0.717, 1.165) is 16.5 Å². The summed E-state index contributed by atoms with van der Waals surface area (Å²) in [4.78, 5) is 28.5. The highest BCUT2D eigenvalue weighted by Gasteiger charge is 2.40. The number of hydrogen-bond acceptors (Lipinski definition) is 5. The summed E-state index contributed by atoms with van der Waals surface area (Å²) in [5, 5.41) is 5.26. The largest absolute Gasteiger partial charge is 0.497 e. The Labute approximate surface area is 197 Å². The molecule has 4 aromatic rings. The fourth-order valence-corrected chi connectivity index (χ4v) is 4.11. The quantitative estimate of drug-likeness (QED) is 0.406. The van der Waals surface area contributed by atoms with E-state index >= 15 is 0 Å². The van der Waals surface area contributed by atoms with E-state index in [2.05, 4.69) is 5.32 Å². The fourth-order valence-electron chi connectivity index (χ4n) is 4.11. The standard InChI is InChI=1S/C28H22N2O4/c1-33-21-14-10-19(11-15-21)25-26(29-24-9-5-7-18-6-3-4-8-23(18)24)28(32)30(27(25)31)20-12-16-22(34-2)17-13-20/h3-17,29H,1-2H3. The molecule has 4 aromatic carbocycles. The van der Waals surface area contributed by atoms with Crippen LogP contribution >= 0.6 is 0 Å². The number of carbonyl (C=O) groups is 2. The number of methoxy groups -OCH3 is 2. The summed E-state index contributed by atoms with van der Waals surface area (Å²) in [6.45, 7) is 0. The number of hydrogen-bond donors (Lipinski definition) is 1. The molecule has 5 rings (SSSR count). The molecule has 0 aromatic heterocycles. The number of carbonyl (C=O) groups excluding carboxylic acids is 2. The van der Waals surface area contributed by atoms with Gasteiger partial charge in [-0.15, -0.1) is 0 Å². The summed E-state index contributed by atoms with van der Waals surface area (Å²) in [6.07, 6.45) is 0. The molecule has 0 aliphatic carbocycles. The molecule has 168 valence electrons. The predicted octanol–water partition coefficient (Wildman–Crippen LogP) is 5.25. The molecule has 0 atom stereocenters. The Morgan fingerprint density at radius 3 is 1.97 bits per heavy atom. The van der Waals surface area contributed by atoms with Gasteiger partial charge in [-0.25, -0.2) is 4.90 Å². The summed E-state index contributed by atoms with van der Waals surface area (Å²) in [5.41, 5.74) is 2.37. The predicted molar refractivity (Wildman–Crippen MR) is 133 cm³/mol. The van der Waals surface area contributed by atoms with Crippen molar-refractivity contribution in [2.24, 2.45) is 0 Å². The smallest absolute Gasteiger partial charge is 0.282 e. The third-order valence-electron chi connectivity index (χ3n) is 5.84. The average Bonchev–Trinajstić information content (AvgIpc) is 3.13. The maximum Gasteiger partial charge on any atom is 0.282 e. The lowest BCUT2D eigenvalue weighted by atomic mass is 10.0. The molecule has 0 unspecified atom stereocenters. The van der Waals surface area contributed by atoms with Crippen molar-refractivity contribution in [3.63, 3.8) is 0 Å². The lowest BCUT2D eigenvalue weighted by Gasteiger charge is -2.16. The number of rotatable bonds is 6. The molecular formula is C28H22N2O4. The summed E-state index contributed by atoms with van der Waals surface area (Å²) < 4.78 is 10.5. The molecule has 0 saturated heterocycles. The second kappa shape index (κ2) is 8.75. The number of ether oxygens (including phenoxy) is 2. The van der Waals surface area contributed by atoms with Gasteiger partial charge in [0.05, 0.1) is 25.5 Å². The Kier molecular flexibility index (Phi) is 5.47. The zero-order valence-corrected chi connectivity index (χ0v) is 18.7. The van der Waals surface area contributed by atoms with Gasteiger partial charge in [0.1, 0.15) is 17.2 Å². The maximum absolute atomic E-state index is 13.6. The van der Waals surface area contributed by atoms with Crippen molar-refractivity contribution in [3.05, 3.63) is 102 Å². The Morgan fingerprint density at radius 2 is 1.29 bits per heavy atom.